The number of unbranched alkanes of at least 4 members (excludes halogenated alkanes) is 14. The van der Waals surface area contributed by atoms with Crippen molar-refractivity contribution in [2.75, 3.05) is 26.7 Å². The first kappa shape index (κ1) is 27.7. The van der Waals surface area contributed by atoms with Gasteiger partial charge in [-0.15, -0.1) is 0 Å². The molecule has 0 spiro atoms. The van der Waals surface area contributed by atoms with Gasteiger partial charge in [-0.25, -0.2) is 0 Å². The van der Waals surface area contributed by atoms with Crippen LogP contribution in [0, 0.1) is 5.92 Å². The van der Waals surface area contributed by atoms with E-state index in [1.165, 1.54) is 140 Å². The summed E-state index contributed by atoms with van der Waals surface area (Å²) in [6, 6.07) is 0.732. The van der Waals surface area contributed by atoms with Gasteiger partial charge in [0.15, 0.2) is 0 Å². The first-order valence-corrected chi connectivity index (χ1v) is 14.7. The lowest BCUT2D eigenvalue weighted by molar-refractivity contribution is -0.947. The van der Waals surface area contributed by atoms with Crippen molar-refractivity contribution in [1.29, 1.82) is 0 Å². The molecule has 0 bridgehead atoms. The highest BCUT2D eigenvalue weighted by molar-refractivity contribution is 5.69. The summed E-state index contributed by atoms with van der Waals surface area (Å²) in [5, 5.41) is 0. The number of hydrogen-bond acceptors (Lipinski definition) is 2. The number of carbonyl (C=O) groups excluding carboxylic acids is 1. The molecule has 0 aromatic heterocycles. The Morgan fingerprint density at radius 3 is 1.84 bits per heavy atom. The van der Waals surface area contributed by atoms with E-state index in [1.807, 2.05) is 0 Å². The minimum absolute atomic E-state index is 0.0512. The minimum atomic E-state index is 0.0512. The molecule has 2 saturated heterocycles. The third-order valence-electron chi connectivity index (χ3n) is 8.45. The molecule has 0 aliphatic carbocycles. The number of nitrogens with zero attached hydrogens (tertiary/aromatic N) is 1. The van der Waals surface area contributed by atoms with Gasteiger partial charge in [-0.1, -0.05) is 96.8 Å². The maximum atomic E-state index is 12.2. The quantitative estimate of drug-likeness (QED) is 0.119. The van der Waals surface area contributed by atoms with E-state index in [1.54, 1.807) is 0 Å². The highest BCUT2D eigenvalue weighted by atomic mass is 16.5. The topological polar surface area (TPSA) is 26.3 Å². The SMILES string of the molecule is CCCCCCCCCCCCCCCCCC(=O)OC[C@@H]1CCC[N@@+]2(C)CCCC[C@H]12. The van der Waals surface area contributed by atoms with Crippen LogP contribution in [0.5, 0.6) is 0 Å². The lowest BCUT2D eigenvalue weighted by Gasteiger charge is -2.51. The van der Waals surface area contributed by atoms with Gasteiger partial charge < -0.3 is 9.22 Å². The van der Waals surface area contributed by atoms with Gasteiger partial charge in [-0.05, 0) is 32.1 Å². The largest absolute Gasteiger partial charge is 0.465 e. The molecule has 2 aliphatic heterocycles. The predicted octanol–water partition coefficient (Wildman–Crippen LogP) is 8.20. The van der Waals surface area contributed by atoms with Gasteiger partial charge in [0.25, 0.3) is 0 Å². The van der Waals surface area contributed by atoms with Gasteiger partial charge in [0.2, 0.25) is 0 Å². The van der Waals surface area contributed by atoms with Crippen LogP contribution in [-0.2, 0) is 9.53 Å². The first-order valence-electron chi connectivity index (χ1n) is 14.7. The number of ether oxygens (including phenoxy) is 1. The number of quaternary nitrogens is 1. The molecule has 2 heterocycles. The van der Waals surface area contributed by atoms with Crippen LogP contribution >= 0.6 is 0 Å². The third-order valence-corrected chi connectivity index (χ3v) is 8.45. The number of fused-ring (bicyclic) bond motifs is 1. The Hall–Kier alpha value is -0.570. The Bertz CT molecular complexity index is 476. The van der Waals surface area contributed by atoms with Crippen LogP contribution < -0.4 is 0 Å². The number of hydrogen-bond donors (Lipinski definition) is 0. The Morgan fingerprint density at radius 2 is 1.25 bits per heavy atom. The highest BCUT2D eigenvalue weighted by Gasteiger charge is 2.43. The number of piperidine rings is 2. The molecule has 3 nitrogen and oxygen atoms in total. The van der Waals surface area contributed by atoms with Crippen molar-refractivity contribution in [2.45, 2.75) is 148 Å². The van der Waals surface area contributed by atoms with E-state index >= 15 is 0 Å². The van der Waals surface area contributed by atoms with Crippen molar-refractivity contribution in [1.82, 2.24) is 0 Å². The summed E-state index contributed by atoms with van der Waals surface area (Å²) in [5.74, 6) is 0.648. The molecule has 188 valence electrons. The zero-order valence-corrected chi connectivity index (χ0v) is 21.9. The second-order valence-corrected chi connectivity index (χ2v) is 11.3. The van der Waals surface area contributed by atoms with Crippen molar-refractivity contribution in [3.05, 3.63) is 0 Å². The number of esters is 1. The van der Waals surface area contributed by atoms with Crippen LogP contribution in [0.1, 0.15) is 142 Å². The average molecular weight is 451 g/mol. The van der Waals surface area contributed by atoms with Gasteiger partial charge in [0.1, 0.15) is 0 Å². The van der Waals surface area contributed by atoms with Gasteiger partial charge >= 0.3 is 5.97 Å². The highest BCUT2D eigenvalue weighted by Crippen LogP contribution is 2.36. The smallest absolute Gasteiger partial charge is 0.305 e. The fourth-order valence-corrected chi connectivity index (χ4v) is 6.34. The first-order chi connectivity index (χ1) is 15.7. The molecule has 0 saturated carbocycles. The zero-order chi connectivity index (χ0) is 22.9. The Morgan fingerprint density at radius 1 is 0.719 bits per heavy atom. The molecule has 2 fully saturated rings. The van der Waals surface area contributed by atoms with E-state index in [0.717, 1.165) is 12.5 Å². The molecular weight excluding hydrogens is 394 g/mol. The van der Waals surface area contributed by atoms with Crippen molar-refractivity contribution in [2.24, 2.45) is 5.92 Å². The van der Waals surface area contributed by atoms with E-state index in [-0.39, 0.29) is 5.97 Å². The predicted molar refractivity (Wildman–Crippen MR) is 137 cm³/mol. The molecule has 0 aromatic rings. The monoisotopic (exact) mass is 450 g/mol. The summed E-state index contributed by atoms with van der Waals surface area (Å²) in [7, 11) is 2.44. The van der Waals surface area contributed by atoms with Crippen molar-refractivity contribution in [3.8, 4) is 0 Å². The lowest BCUT2D eigenvalue weighted by Crippen LogP contribution is -2.61. The molecule has 0 amide bonds. The Kier molecular flexibility index (Phi) is 14.7. The molecule has 0 N–H and O–H groups in total. The third kappa shape index (κ3) is 11.0. The summed E-state index contributed by atoms with van der Waals surface area (Å²) in [5.41, 5.74) is 0. The summed E-state index contributed by atoms with van der Waals surface area (Å²) < 4.78 is 6.98. The van der Waals surface area contributed by atoms with Crippen molar-refractivity contribution < 1.29 is 14.0 Å². The second-order valence-electron chi connectivity index (χ2n) is 11.3. The van der Waals surface area contributed by atoms with E-state index in [0.29, 0.717) is 18.9 Å². The summed E-state index contributed by atoms with van der Waals surface area (Å²) in [4.78, 5) is 12.2. The van der Waals surface area contributed by atoms with Crippen LogP contribution in [-0.4, -0.2) is 43.2 Å². The summed E-state index contributed by atoms with van der Waals surface area (Å²) in [6.07, 6.45) is 27.7. The van der Waals surface area contributed by atoms with Gasteiger partial charge in [-0.3, -0.25) is 4.79 Å². The number of rotatable bonds is 18. The van der Waals surface area contributed by atoms with E-state index in [2.05, 4.69) is 14.0 Å². The Balaban J connectivity index is 1.37. The second kappa shape index (κ2) is 17.0. The van der Waals surface area contributed by atoms with Crippen LogP contribution in [0.15, 0.2) is 0 Å². The van der Waals surface area contributed by atoms with Crippen LogP contribution in [0.3, 0.4) is 0 Å². The lowest BCUT2D eigenvalue weighted by atomic mass is 9.82. The van der Waals surface area contributed by atoms with Crippen LogP contribution in [0.2, 0.25) is 0 Å². The van der Waals surface area contributed by atoms with Crippen molar-refractivity contribution in [3.63, 3.8) is 0 Å². The van der Waals surface area contributed by atoms with Gasteiger partial charge in [0, 0.05) is 18.8 Å². The van der Waals surface area contributed by atoms with Gasteiger partial charge in [0.05, 0.1) is 32.8 Å². The average Bonchev–Trinajstić information content (AvgIpc) is 2.79. The fourth-order valence-electron chi connectivity index (χ4n) is 6.34. The summed E-state index contributed by atoms with van der Waals surface area (Å²) in [6.45, 7) is 5.62. The number of carbonyl (C=O) groups is 1. The van der Waals surface area contributed by atoms with Crippen LogP contribution in [0.25, 0.3) is 0 Å². The van der Waals surface area contributed by atoms with E-state index < -0.39 is 0 Å². The molecule has 0 unspecified atom stereocenters. The molecule has 3 atom stereocenters. The molecular formula is C29H56NO2+. The van der Waals surface area contributed by atoms with E-state index in [9.17, 15) is 4.79 Å². The molecule has 0 radical (unpaired) electrons. The molecule has 2 aliphatic rings. The summed E-state index contributed by atoms with van der Waals surface area (Å²) >= 11 is 0. The maximum absolute atomic E-state index is 12.2. The van der Waals surface area contributed by atoms with E-state index in [4.69, 9.17) is 4.74 Å². The molecule has 2 rings (SSSR count). The van der Waals surface area contributed by atoms with Crippen molar-refractivity contribution >= 4 is 5.97 Å². The molecule has 0 aromatic carbocycles. The van der Waals surface area contributed by atoms with Crippen LogP contribution in [0.4, 0.5) is 0 Å². The van der Waals surface area contributed by atoms with Gasteiger partial charge in [-0.2, -0.15) is 0 Å². The normalized spacial score (nSPS) is 25.4. The Labute approximate surface area is 200 Å². The zero-order valence-electron chi connectivity index (χ0n) is 21.9. The standard InChI is InChI=1S/C29H56NO2/c1-3-4-5-6-7-8-9-10-11-12-13-14-15-16-17-23-29(31)32-26-27-21-20-25-30(2)24-19-18-22-28(27)30/h27-28H,3-26H2,1-2H3/q+1/t27-,28+,30+/m0/s1. The maximum Gasteiger partial charge on any atom is 0.305 e. The molecule has 32 heavy (non-hydrogen) atoms. The molecule has 3 heteroatoms. The fraction of sp³-hybridized carbons (Fsp3) is 0.966. The minimum Gasteiger partial charge on any atom is -0.465 e.